The van der Waals surface area contributed by atoms with Crippen LogP contribution in [-0.2, 0) is 6.42 Å². The van der Waals surface area contributed by atoms with Crippen LogP contribution < -0.4 is 5.32 Å². The second-order valence-electron chi connectivity index (χ2n) is 2.29. The van der Waals surface area contributed by atoms with Crippen LogP contribution in [0.3, 0.4) is 0 Å². The number of thiophene rings is 1. The molecule has 4 heteroatoms. The van der Waals surface area contributed by atoms with E-state index in [9.17, 15) is 0 Å². The van der Waals surface area contributed by atoms with E-state index in [2.05, 4.69) is 5.32 Å². The number of halogens is 1. The van der Waals surface area contributed by atoms with Crippen molar-refractivity contribution in [3.8, 4) is 6.07 Å². The first-order valence-corrected chi connectivity index (χ1v) is 4.84. The van der Waals surface area contributed by atoms with Gasteiger partial charge in [0.15, 0.2) is 0 Å². The highest BCUT2D eigenvalue weighted by molar-refractivity contribution is 7.16. The summed E-state index contributed by atoms with van der Waals surface area (Å²) in [6.07, 6.45) is 0.944. The van der Waals surface area contributed by atoms with Gasteiger partial charge in [0.2, 0.25) is 0 Å². The van der Waals surface area contributed by atoms with Gasteiger partial charge in [0, 0.05) is 11.4 Å². The standard InChI is InChI=1S/C8H9ClN2S/c9-8-2-1-7(12-8)3-5-11-6-4-10/h1-2,11H,3,5-6H2. The quantitative estimate of drug-likeness (QED) is 0.597. The monoisotopic (exact) mass is 200 g/mol. The molecule has 0 radical (unpaired) electrons. The lowest BCUT2D eigenvalue weighted by molar-refractivity contribution is 0.755. The normalized spacial score (nSPS) is 9.67. The number of rotatable bonds is 4. The number of nitrogens with one attached hydrogen (secondary N) is 1. The molecule has 0 bridgehead atoms. The van der Waals surface area contributed by atoms with Crippen LogP contribution in [0.1, 0.15) is 4.88 Å². The first kappa shape index (κ1) is 9.53. The lowest BCUT2D eigenvalue weighted by atomic mass is 10.3. The zero-order valence-corrected chi connectivity index (χ0v) is 8.08. The molecule has 0 fully saturated rings. The second kappa shape index (κ2) is 5.15. The molecule has 2 nitrogen and oxygen atoms in total. The molecule has 0 saturated heterocycles. The maximum absolute atomic E-state index is 8.24. The summed E-state index contributed by atoms with van der Waals surface area (Å²) < 4.78 is 0.824. The fraction of sp³-hybridized carbons (Fsp3) is 0.375. The Hall–Kier alpha value is -0.560. The van der Waals surface area contributed by atoms with Crippen LogP contribution in [-0.4, -0.2) is 13.1 Å². The molecule has 0 atom stereocenters. The van der Waals surface area contributed by atoms with E-state index in [0.717, 1.165) is 17.3 Å². The van der Waals surface area contributed by atoms with Crippen LogP contribution >= 0.6 is 22.9 Å². The van der Waals surface area contributed by atoms with Crippen LogP contribution in [0.4, 0.5) is 0 Å². The molecule has 1 N–H and O–H groups in total. The summed E-state index contributed by atoms with van der Waals surface area (Å²) in [4.78, 5) is 1.26. The topological polar surface area (TPSA) is 35.8 Å². The van der Waals surface area contributed by atoms with Crippen molar-refractivity contribution in [1.29, 1.82) is 5.26 Å². The lowest BCUT2D eigenvalue weighted by Gasteiger charge is -1.96. The number of nitriles is 1. The van der Waals surface area contributed by atoms with E-state index in [4.69, 9.17) is 16.9 Å². The molecule has 0 saturated carbocycles. The smallest absolute Gasteiger partial charge is 0.0931 e. The van der Waals surface area contributed by atoms with Crippen LogP contribution in [0.25, 0.3) is 0 Å². The fourth-order valence-corrected chi connectivity index (χ4v) is 1.93. The highest BCUT2D eigenvalue weighted by Gasteiger charge is 1.96. The van der Waals surface area contributed by atoms with Crippen molar-refractivity contribution in [2.75, 3.05) is 13.1 Å². The third-order valence-electron chi connectivity index (χ3n) is 1.38. The molecule has 64 valence electrons. The second-order valence-corrected chi connectivity index (χ2v) is 4.09. The summed E-state index contributed by atoms with van der Waals surface area (Å²) in [5.74, 6) is 0. The summed E-state index contributed by atoms with van der Waals surface area (Å²) in [7, 11) is 0. The van der Waals surface area contributed by atoms with E-state index in [-0.39, 0.29) is 0 Å². The maximum atomic E-state index is 8.24. The molecular formula is C8H9ClN2S. The van der Waals surface area contributed by atoms with Crippen molar-refractivity contribution in [2.45, 2.75) is 6.42 Å². The molecule has 12 heavy (non-hydrogen) atoms. The van der Waals surface area contributed by atoms with Crippen LogP contribution in [0.2, 0.25) is 4.34 Å². The van der Waals surface area contributed by atoms with E-state index >= 15 is 0 Å². The van der Waals surface area contributed by atoms with Crippen molar-refractivity contribution >= 4 is 22.9 Å². The van der Waals surface area contributed by atoms with Gasteiger partial charge in [-0.3, -0.25) is 0 Å². The van der Waals surface area contributed by atoms with E-state index in [1.807, 2.05) is 18.2 Å². The molecule has 0 unspecified atom stereocenters. The zero-order chi connectivity index (χ0) is 8.81. The summed E-state index contributed by atoms with van der Waals surface area (Å²) >= 11 is 7.33. The molecule has 0 aliphatic rings. The molecule has 1 aromatic heterocycles. The Morgan fingerprint density at radius 2 is 2.42 bits per heavy atom. The average Bonchev–Trinajstić information content (AvgIpc) is 2.45. The summed E-state index contributed by atoms with van der Waals surface area (Å²) in [5.41, 5.74) is 0. The fourth-order valence-electron chi connectivity index (χ4n) is 0.842. The van der Waals surface area contributed by atoms with E-state index in [0.29, 0.717) is 6.54 Å². The number of hydrogen-bond acceptors (Lipinski definition) is 3. The van der Waals surface area contributed by atoms with Crippen molar-refractivity contribution in [2.24, 2.45) is 0 Å². The van der Waals surface area contributed by atoms with Gasteiger partial charge in [0.25, 0.3) is 0 Å². The average molecular weight is 201 g/mol. The maximum Gasteiger partial charge on any atom is 0.0931 e. The third-order valence-corrected chi connectivity index (χ3v) is 2.67. The Morgan fingerprint density at radius 1 is 1.58 bits per heavy atom. The summed E-state index contributed by atoms with van der Waals surface area (Å²) in [6.45, 7) is 1.25. The van der Waals surface area contributed by atoms with E-state index < -0.39 is 0 Å². The van der Waals surface area contributed by atoms with Crippen molar-refractivity contribution in [1.82, 2.24) is 5.32 Å². The van der Waals surface area contributed by atoms with Crippen LogP contribution in [0.5, 0.6) is 0 Å². The molecule has 0 aliphatic carbocycles. The minimum atomic E-state index is 0.416. The minimum Gasteiger partial charge on any atom is -0.304 e. The SMILES string of the molecule is N#CCNCCc1ccc(Cl)s1. The molecule has 0 amide bonds. The Bertz CT molecular complexity index is 277. The molecule has 1 aromatic rings. The molecular weight excluding hydrogens is 192 g/mol. The molecule has 0 spiro atoms. The van der Waals surface area contributed by atoms with Crippen molar-refractivity contribution in [3.05, 3.63) is 21.3 Å². The van der Waals surface area contributed by atoms with Crippen molar-refractivity contribution < 1.29 is 0 Å². The number of hydrogen-bond donors (Lipinski definition) is 1. The van der Waals surface area contributed by atoms with Crippen LogP contribution in [0, 0.1) is 11.3 Å². The first-order valence-electron chi connectivity index (χ1n) is 3.65. The summed E-state index contributed by atoms with van der Waals surface area (Å²) in [5, 5.41) is 11.2. The molecule has 1 rings (SSSR count). The largest absolute Gasteiger partial charge is 0.304 e. The van der Waals surface area contributed by atoms with Gasteiger partial charge in [-0.25, -0.2) is 0 Å². The molecule has 0 aliphatic heterocycles. The van der Waals surface area contributed by atoms with E-state index in [1.54, 1.807) is 11.3 Å². The Morgan fingerprint density at radius 3 is 3.00 bits per heavy atom. The van der Waals surface area contributed by atoms with E-state index in [1.165, 1.54) is 4.88 Å². The lowest BCUT2D eigenvalue weighted by Crippen LogP contribution is -2.16. The van der Waals surface area contributed by atoms with Crippen molar-refractivity contribution in [3.63, 3.8) is 0 Å². The molecule has 1 heterocycles. The van der Waals surface area contributed by atoms with Gasteiger partial charge < -0.3 is 5.32 Å². The minimum absolute atomic E-state index is 0.416. The Balaban J connectivity index is 2.21. The van der Waals surface area contributed by atoms with Gasteiger partial charge in [-0.15, -0.1) is 11.3 Å². The Kier molecular flexibility index (Phi) is 4.09. The van der Waals surface area contributed by atoms with Gasteiger partial charge in [-0.05, 0) is 18.6 Å². The van der Waals surface area contributed by atoms with Gasteiger partial charge >= 0.3 is 0 Å². The highest BCUT2D eigenvalue weighted by Crippen LogP contribution is 2.21. The predicted octanol–water partition coefficient (Wildman–Crippen LogP) is 2.06. The first-order chi connectivity index (χ1) is 5.83. The third kappa shape index (κ3) is 3.22. The zero-order valence-electron chi connectivity index (χ0n) is 6.51. The van der Waals surface area contributed by atoms with Crippen LogP contribution in [0.15, 0.2) is 12.1 Å². The predicted molar refractivity (Wildman–Crippen MR) is 51.5 cm³/mol. The summed E-state index contributed by atoms with van der Waals surface area (Å²) in [6, 6.07) is 5.94. The molecule has 0 aromatic carbocycles. The Labute approximate surface area is 80.8 Å². The van der Waals surface area contributed by atoms with Gasteiger partial charge in [0.05, 0.1) is 17.0 Å². The number of nitrogens with zero attached hydrogens (tertiary/aromatic N) is 1. The highest BCUT2D eigenvalue weighted by atomic mass is 35.5. The van der Waals surface area contributed by atoms with Gasteiger partial charge in [-0.1, -0.05) is 11.6 Å². The van der Waals surface area contributed by atoms with Gasteiger partial charge in [0.1, 0.15) is 0 Å². The van der Waals surface area contributed by atoms with Gasteiger partial charge in [-0.2, -0.15) is 5.26 Å².